The fourth-order valence-electron chi connectivity index (χ4n) is 2.03. The zero-order valence-electron chi connectivity index (χ0n) is 12.1. The molecular formula is C16H26N2O. The molecule has 3 nitrogen and oxygen atoms in total. The van der Waals surface area contributed by atoms with Gasteiger partial charge in [-0.3, -0.25) is 4.79 Å². The van der Waals surface area contributed by atoms with E-state index in [1.807, 2.05) is 25.1 Å². The molecule has 19 heavy (non-hydrogen) atoms. The van der Waals surface area contributed by atoms with Crippen LogP contribution in [0.5, 0.6) is 0 Å². The molecule has 0 radical (unpaired) electrons. The van der Waals surface area contributed by atoms with Crippen molar-refractivity contribution >= 4 is 5.91 Å². The van der Waals surface area contributed by atoms with Crippen LogP contribution in [-0.2, 0) is 11.2 Å². The zero-order chi connectivity index (χ0) is 14.1. The average Bonchev–Trinajstić information content (AvgIpc) is 2.37. The molecule has 3 heteroatoms. The smallest absolute Gasteiger partial charge is 0.220 e. The molecule has 0 spiro atoms. The van der Waals surface area contributed by atoms with Crippen LogP contribution in [0.4, 0.5) is 0 Å². The molecule has 0 aliphatic rings. The minimum absolute atomic E-state index is 0.140. The standard InChI is InChI=1S/C16H26N2O/c1-13(17)7-6-10-16(19)18-14(2)11-12-15-8-4-3-5-9-15/h3-5,8-9,13-14H,6-7,10-12,17H2,1-2H3,(H,18,19). The molecule has 2 atom stereocenters. The van der Waals surface area contributed by atoms with Crippen molar-refractivity contribution in [3.8, 4) is 0 Å². The number of carbonyl (C=O) groups excluding carboxylic acids is 1. The van der Waals surface area contributed by atoms with Crippen molar-refractivity contribution in [3.05, 3.63) is 35.9 Å². The second-order valence-corrected chi connectivity index (χ2v) is 5.36. The number of carbonyl (C=O) groups is 1. The van der Waals surface area contributed by atoms with Gasteiger partial charge in [-0.25, -0.2) is 0 Å². The van der Waals surface area contributed by atoms with Crippen molar-refractivity contribution in [2.45, 2.75) is 58.0 Å². The van der Waals surface area contributed by atoms with Crippen LogP contribution in [0, 0.1) is 0 Å². The third kappa shape index (κ3) is 7.62. The van der Waals surface area contributed by atoms with E-state index in [2.05, 4.69) is 24.4 Å². The summed E-state index contributed by atoms with van der Waals surface area (Å²) in [5.41, 5.74) is 6.98. The molecule has 1 aromatic carbocycles. The van der Waals surface area contributed by atoms with Gasteiger partial charge in [-0.15, -0.1) is 0 Å². The molecule has 0 aliphatic heterocycles. The Morgan fingerprint density at radius 3 is 2.53 bits per heavy atom. The van der Waals surface area contributed by atoms with Crippen LogP contribution in [0.3, 0.4) is 0 Å². The molecule has 106 valence electrons. The molecule has 0 saturated carbocycles. The lowest BCUT2D eigenvalue weighted by molar-refractivity contribution is -0.121. The number of rotatable bonds is 8. The van der Waals surface area contributed by atoms with Crippen LogP contribution in [0.2, 0.25) is 0 Å². The molecular weight excluding hydrogens is 236 g/mol. The van der Waals surface area contributed by atoms with Crippen LogP contribution in [0.15, 0.2) is 30.3 Å². The molecule has 1 rings (SSSR count). The highest BCUT2D eigenvalue weighted by atomic mass is 16.1. The lowest BCUT2D eigenvalue weighted by Gasteiger charge is -2.14. The van der Waals surface area contributed by atoms with Crippen LogP contribution in [-0.4, -0.2) is 18.0 Å². The molecule has 0 fully saturated rings. The van der Waals surface area contributed by atoms with E-state index < -0.39 is 0 Å². The number of nitrogens with one attached hydrogen (secondary N) is 1. The van der Waals surface area contributed by atoms with Crippen molar-refractivity contribution < 1.29 is 4.79 Å². The maximum absolute atomic E-state index is 11.7. The number of benzene rings is 1. The summed E-state index contributed by atoms with van der Waals surface area (Å²) in [4.78, 5) is 11.7. The second kappa shape index (κ2) is 8.70. The summed E-state index contributed by atoms with van der Waals surface area (Å²) >= 11 is 0. The van der Waals surface area contributed by atoms with E-state index in [-0.39, 0.29) is 18.0 Å². The topological polar surface area (TPSA) is 55.1 Å². The van der Waals surface area contributed by atoms with Gasteiger partial charge in [0.2, 0.25) is 5.91 Å². The van der Waals surface area contributed by atoms with Crippen molar-refractivity contribution in [2.75, 3.05) is 0 Å². The molecule has 0 bridgehead atoms. The molecule has 0 aromatic heterocycles. The van der Waals surface area contributed by atoms with Gasteiger partial charge in [-0.2, -0.15) is 0 Å². The maximum Gasteiger partial charge on any atom is 0.220 e. The minimum atomic E-state index is 0.140. The predicted octanol–water partition coefficient (Wildman–Crippen LogP) is 2.64. The van der Waals surface area contributed by atoms with Crippen molar-refractivity contribution in [1.29, 1.82) is 0 Å². The minimum Gasteiger partial charge on any atom is -0.354 e. The molecule has 1 aromatic rings. The van der Waals surface area contributed by atoms with Gasteiger partial charge in [0.1, 0.15) is 0 Å². The van der Waals surface area contributed by atoms with Crippen LogP contribution in [0.25, 0.3) is 0 Å². The quantitative estimate of drug-likeness (QED) is 0.756. The summed E-state index contributed by atoms with van der Waals surface area (Å²) in [5.74, 6) is 0.140. The summed E-state index contributed by atoms with van der Waals surface area (Å²) in [6.07, 6.45) is 4.34. The zero-order valence-corrected chi connectivity index (χ0v) is 12.1. The SMILES string of the molecule is CC(N)CCCC(=O)NC(C)CCc1ccccc1. The van der Waals surface area contributed by atoms with Crippen molar-refractivity contribution in [3.63, 3.8) is 0 Å². The number of aryl methyl sites for hydroxylation is 1. The highest BCUT2D eigenvalue weighted by Gasteiger charge is 2.07. The first-order chi connectivity index (χ1) is 9.08. The normalized spacial score (nSPS) is 13.8. The summed E-state index contributed by atoms with van der Waals surface area (Å²) in [6.45, 7) is 4.03. The van der Waals surface area contributed by atoms with Gasteiger partial charge >= 0.3 is 0 Å². The van der Waals surface area contributed by atoms with E-state index in [0.717, 1.165) is 25.7 Å². The van der Waals surface area contributed by atoms with Gasteiger partial charge in [0.25, 0.3) is 0 Å². The number of amides is 1. The van der Waals surface area contributed by atoms with Crippen LogP contribution < -0.4 is 11.1 Å². The van der Waals surface area contributed by atoms with E-state index in [0.29, 0.717) is 6.42 Å². The Hall–Kier alpha value is -1.35. The van der Waals surface area contributed by atoms with Crippen LogP contribution >= 0.6 is 0 Å². The first-order valence-electron chi connectivity index (χ1n) is 7.17. The first-order valence-corrected chi connectivity index (χ1v) is 7.17. The predicted molar refractivity (Wildman–Crippen MR) is 79.9 cm³/mol. The number of hydrogen-bond donors (Lipinski definition) is 2. The first kappa shape index (κ1) is 15.7. The van der Waals surface area contributed by atoms with Crippen molar-refractivity contribution in [1.82, 2.24) is 5.32 Å². The molecule has 0 saturated heterocycles. The highest BCUT2D eigenvalue weighted by molar-refractivity contribution is 5.76. The molecule has 3 N–H and O–H groups in total. The Morgan fingerprint density at radius 2 is 1.89 bits per heavy atom. The Bertz CT molecular complexity index is 362. The van der Waals surface area contributed by atoms with Gasteiger partial charge in [0, 0.05) is 18.5 Å². The third-order valence-corrected chi connectivity index (χ3v) is 3.18. The molecule has 2 unspecified atom stereocenters. The van der Waals surface area contributed by atoms with E-state index in [1.165, 1.54) is 5.56 Å². The largest absolute Gasteiger partial charge is 0.354 e. The molecule has 0 heterocycles. The summed E-state index contributed by atoms with van der Waals surface area (Å²) in [6, 6.07) is 10.8. The van der Waals surface area contributed by atoms with Gasteiger partial charge in [-0.1, -0.05) is 30.3 Å². The lowest BCUT2D eigenvalue weighted by atomic mass is 10.1. The summed E-state index contributed by atoms with van der Waals surface area (Å²) in [7, 11) is 0. The average molecular weight is 262 g/mol. The van der Waals surface area contributed by atoms with Crippen molar-refractivity contribution in [2.24, 2.45) is 5.73 Å². The second-order valence-electron chi connectivity index (χ2n) is 5.36. The van der Waals surface area contributed by atoms with E-state index in [9.17, 15) is 4.79 Å². The van der Waals surface area contributed by atoms with Gasteiger partial charge < -0.3 is 11.1 Å². The Labute approximate surface area is 116 Å². The Kier molecular flexibility index (Phi) is 7.19. The van der Waals surface area contributed by atoms with E-state index >= 15 is 0 Å². The number of nitrogens with two attached hydrogens (primary N) is 1. The third-order valence-electron chi connectivity index (χ3n) is 3.18. The van der Waals surface area contributed by atoms with Gasteiger partial charge in [-0.05, 0) is 45.1 Å². The number of hydrogen-bond acceptors (Lipinski definition) is 2. The lowest BCUT2D eigenvalue weighted by Crippen LogP contribution is -2.32. The van der Waals surface area contributed by atoms with Gasteiger partial charge in [0.15, 0.2) is 0 Å². The fourth-order valence-corrected chi connectivity index (χ4v) is 2.03. The van der Waals surface area contributed by atoms with Crippen LogP contribution in [0.1, 0.15) is 45.1 Å². The summed E-state index contributed by atoms with van der Waals surface area (Å²) in [5, 5.41) is 3.04. The fraction of sp³-hybridized carbons (Fsp3) is 0.562. The van der Waals surface area contributed by atoms with Gasteiger partial charge in [0.05, 0.1) is 0 Å². The Balaban J connectivity index is 2.16. The van der Waals surface area contributed by atoms with E-state index in [1.54, 1.807) is 0 Å². The Morgan fingerprint density at radius 1 is 1.21 bits per heavy atom. The highest BCUT2D eigenvalue weighted by Crippen LogP contribution is 2.05. The molecule has 0 aliphatic carbocycles. The monoisotopic (exact) mass is 262 g/mol. The maximum atomic E-state index is 11.7. The summed E-state index contributed by atoms with van der Waals surface area (Å²) < 4.78 is 0. The molecule has 1 amide bonds. The van der Waals surface area contributed by atoms with E-state index in [4.69, 9.17) is 5.73 Å².